The monoisotopic (exact) mass is 301 g/mol. The minimum Gasteiger partial charge on any atom is -0.423 e. The molecule has 0 aliphatic rings. The Morgan fingerprint density at radius 3 is 2.41 bits per heavy atom. The molecule has 0 bridgehead atoms. The number of esters is 1. The van der Waals surface area contributed by atoms with Crippen molar-refractivity contribution in [2.75, 3.05) is 21.1 Å². The van der Waals surface area contributed by atoms with Crippen LogP contribution in [-0.4, -0.2) is 32.0 Å². The first-order valence-corrected chi connectivity index (χ1v) is 6.67. The molecule has 2 aromatic rings. The van der Waals surface area contributed by atoms with Gasteiger partial charge in [-0.05, 0) is 18.2 Å². The molecule has 0 saturated carbocycles. The SMILES string of the molecule is C[N+](C)(C)c1cccc(OC(=O)c2ccccc2[N+](=O)[O-])c1. The van der Waals surface area contributed by atoms with Gasteiger partial charge in [0, 0.05) is 12.1 Å². The van der Waals surface area contributed by atoms with Gasteiger partial charge in [0.2, 0.25) is 0 Å². The second-order valence-electron chi connectivity index (χ2n) is 5.67. The summed E-state index contributed by atoms with van der Waals surface area (Å²) in [5, 5.41) is 11.0. The molecular weight excluding hydrogens is 284 g/mol. The van der Waals surface area contributed by atoms with E-state index in [-0.39, 0.29) is 11.3 Å². The molecule has 6 heteroatoms. The van der Waals surface area contributed by atoms with Gasteiger partial charge in [-0.1, -0.05) is 18.2 Å². The summed E-state index contributed by atoms with van der Waals surface area (Å²) < 4.78 is 5.84. The van der Waals surface area contributed by atoms with Crippen molar-refractivity contribution in [1.82, 2.24) is 4.48 Å². The molecule has 0 radical (unpaired) electrons. The maximum absolute atomic E-state index is 12.2. The summed E-state index contributed by atoms with van der Waals surface area (Å²) in [4.78, 5) is 22.5. The fourth-order valence-electron chi connectivity index (χ4n) is 1.93. The van der Waals surface area contributed by atoms with E-state index >= 15 is 0 Å². The number of hydrogen-bond donors (Lipinski definition) is 0. The van der Waals surface area contributed by atoms with E-state index in [9.17, 15) is 14.9 Å². The number of carbonyl (C=O) groups is 1. The van der Waals surface area contributed by atoms with Crippen molar-refractivity contribution < 1.29 is 14.5 Å². The minimum absolute atomic E-state index is 0.0665. The van der Waals surface area contributed by atoms with Crippen LogP contribution in [0.4, 0.5) is 11.4 Å². The number of para-hydroxylation sites is 1. The van der Waals surface area contributed by atoms with Crippen molar-refractivity contribution in [1.29, 1.82) is 0 Å². The number of carbonyl (C=O) groups excluding carboxylic acids is 1. The van der Waals surface area contributed by atoms with E-state index in [1.165, 1.54) is 18.2 Å². The normalized spacial score (nSPS) is 11.0. The fourth-order valence-corrected chi connectivity index (χ4v) is 1.93. The second-order valence-corrected chi connectivity index (χ2v) is 5.67. The van der Waals surface area contributed by atoms with Crippen molar-refractivity contribution >= 4 is 17.3 Å². The summed E-state index contributed by atoms with van der Waals surface area (Å²) in [5.74, 6) is -0.389. The fraction of sp³-hybridized carbons (Fsp3) is 0.188. The number of quaternary nitrogens is 1. The van der Waals surface area contributed by atoms with E-state index in [4.69, 9.17) is 4.74 Å². The van der Waals surface area contributed by atoms with Crippen LogP contribution in [0.15, 0.2) is 48.5 Å². The van der Waals surface area contributed by atoms with E-state index in [1.54, 1.807) is 24.3 Å². The largest absolute Gasteiger partial charge is 0.423 e. The Morgan fingerprint density at radius 2 is 1.77 bits per heavy atom. The lowest BCUT2D eigenvalue weighted by Crippen LogP contribution is -2.34. The molecule has 0 aliphatic heterocycles. The number of nitro groups is 1. The summed E-state index contributed by atoms with van der Waals surface area (Å²) in [6.07, 6.45) is 0. The lowest BCUT2D eigenvalue weighted by molar-refractivity contribution is -0.385. The third-order valence-corrected chi connectivity index (χ3v) is 3.12. The van der Waals surface area contributed by atoms with Crippen LogP contribution in [0.1, 0.15) is 10.4 Å². The highest BCUT2D eigenvalue weighted by Gasteiger charge is 2.21. The summed E-state index contributed by atoms with van der Waals surface area (Å²) in [6, 6.07) is 12.8. The average Bonchev–Trinajstić information content (AvgIpc) is 2.46. The van der Waals surface area contributed by atoms with Crippen LogP contribution in [0.3, 0.4) is 0 Å². The van der Waals surface area contributed by atoms with Crippen LogP contribution < -0.4 is 9.22 Å². The minimum atomic E-state index is -0.745. The molecule has 6 nitrogen and oxygen atoms in total. The van der Waals surface area contributed by atoms with Gasteiger partial charge in [-0.3, -0.25) is 14.6 Å². The Morgan fingerprint density at radius 1 is 1.09 bits per heavy atom. The summed E-state index contributed by atoms with van der Waals surface area (Å²) >= 11 is 0. The number of benzene rings is 2. The topological polar surface area (TPSA) is 69.4 Å². The molecule has 0 spiro atoms. The number of nitro benzene ring substituents is 1. The first-order valence-electron chi connectivity index (χ1n) is 6.67. The molecule has 0 saturated heterocycles. The molecule has 0 aliphatic carbocycles. The van der Waals surface area contributed by atoms with Gasteiger partial charge in [0.05, 0.1) is 26.1 Å². The van der Waals surface area contributed by atoms with Crippen LogP contribution in [0.25, 0.3) is 0 Å². The van der Waals surface area contributed by atoms with Gasteiger partial charge >= 0.3 is 5.97 Å². The Bertz CT molecular complexity index is 720. The highest BCUT2D eigenvalue weighted by Crippen LogP contribution is 2.25. The van der Waals surface area contributed by atoms with E-state index in [0.717, 1.165) is 5.69 Å². The third kappa shape index (κ3) is 3.48. The lowest BCUT2D eigenvalue weighted by Gasteiger charge is -2.23. The van der Waals surface area contributed by atoms with Gasteiger partial charge in [-0.15, -0.1) is 0 Å². The maximum atomic E-state index is 12.2. The zero-order chi connectivity index (χ0) is 16.3. The number of ether oxygens (including phenoxy) is 1. The van der Waals surface area contributed by atoms with E-state index in [1.807, 2.05) is 27.2 Å². The molecule has 0 aromatic heterocycles. The first-order chi connectivity index (χ1) is 10.3. The number of rotatable bonds is 4. The van der Waals surface area contributed by atoms with Crippen molar-refractivity contribution in [3.05, 3.63) is 64.2 Å². The van der Waals surface area contributed by atoms with Gasteiger partial charge in [0.15, 0.2) is 0 Å². The molecule has 22 heavy (non-hydrogen) atoms. The highest BCUT2D eigenvalue weighted by molar-refractivity contribution is 5.95. The van der Waals surface area contributed by atoms with Crippen LogP contribution in [0.2, 0.25) is 0 Å². The van der Waals surface area contributed by atoms with Crippen LogP contribution in [0.5, 0.6) is 5.75 Å². The molecule has 0 amide bonds. The zero-order valence-electron chi connectivity index (χ0n) is 12.6. The van der Waals surface area contributed by atoms with Crippen LogP contribution in [-0.2, 0) is 0 Å². The van der Waals surface area contributed by atoms with Gasteiger partial charge in [-0.2, -0.15) is 0 Å². The molecule has 0 fully saturated rings. The number of hydrogen-bond acceptors (Lipinski definition) is 4. The Balaban J connectivity index is 2.29. The predicted octanol–water partition coefficient (Wildman–Crippen LogP) is 3.01. The van der Waals surface area contributed by atoms with E-state index in [0.29, 0.717) is 10.2 Å². The highest BCUT2D eigenvalue weighted by atomic mass is 16.6. The molecule has 0 N–H and O–H groups in total. The summed E-state index contributed by atoms with van der Waals surface area (Å²) in [6.45, 7) is 0. The molecule has 114 valence electrons. The van der Waals surface area contributed by atoms with E-state index in [2.05, 4.69) is 0 Å². The van der Waals surface area contributed by atoms with Crippen molar-refractivity contribution in [3.8, 4) is 5.75 Å². The maximum Gasteiger partial charge on any atom is 0.350 e. The Kier molecular flexibility index (Phi) is 4.23. The molecule has 0 unspecified atom stereocenters. The van der Waals surface area contributed by atoms with Gasteiger partial charge in [0.1, 0.15) is 17.0 Å². The molecule has 2 aromatic carbocycles. The van der Waals surface area contributed by atoms with Crippen molar-refractivity contribution in [2.24, 2.45) is 0 Å². The second kappa shape index (κ2) is 5.95. The van der Waals surface area contributed by atoms with Crippen LogP contribution >= 0.6 is 0 Å². The summed E-state index contributed by atoms with van der Waals surface area (Å²) in [7, 11) is 5.97. The quantitative estimate of drug-likeness (QED) is 0.286. The van der Waals surface area contributed by atoms with Crippen LogP contribution in [0, 0.1) is 10.1 Å². The van der Waals surface area contributed by atoms with Gasteiger partial charge in [-0.25, -0.2) is 4.79 Å². The van der Waals surface area contributed by atoms with Gasteiger partial charge < -0.3 is 4.74 Å². The number of nitrogens with zero attached hydrogens (tertiary/aromatic N) is 2. The Hall–Kier alpha value is -2.73. The van der Waals surface area contributed by atoms with Crippen molar-refractivity contribution in [2.45, 2.75) is 0 Å². The molecule has 0 heterocycles. The lowest BCUT2D eigenvalue weighted by atomic mass is 10.2. The third-order valence-electron chi connectivity index (χ3n) is 3.12. The zero-order valence-corrected chi connectivity index (χ0v) is 12.6. The Labute approximate surface area is 128 Å². The van der Waals surface area contributed by atoms with E-state index < -0.39 is 10.9 Å². The molecule has 0 atom stereocenters. The standard InChI is InChI=1S/C16H17N2O4/c1-18(2,3)12-7-6-8-13(11-12)22-16(19)14-9-4-5-10-15(14)17(20)21/h4-11H,1-3H3/q+1. The van der Waals surface area contributed by atoms with Crippen molar-refractivity contribution in [3.63, 3.8) is 0 Å². The predicted molar refractivity (Wildman–Crippen MR) is 84.1 cm³/mol. The summed E-state index contributed by atoms with van der Waals surface area (Å²) in [5.41, 5.74) is 0.617. The molecular formula is C16H17N2O4+. The smallest absolute Gasteiger partial charge is 0.350 e. The van der Waals surface area contributed by atoms with Gasteiger partial charge in [0.25, 0.3) is 5.69 Å². The molecule has 2 rings (SSSR count). The average molecular weight is 301 g/mol. The first kappa shape index (κ1) is 15.7.